The smallest absolute Gasteiger partial charge is 0.250 e. The maximum Gasteiger partial charge on any atom is 0.250 e. The van der Waals surface area contributed by atoms with Gasteiger partial charge in [0.25, 0.3) is 5.56 Å². The lowest BCUT2D eigenvalue weighted by molar-refractivity contribution is 0.0962. The average Bonchev–Trinajstić information content (AvgIpc) is 3.54. The highest BCUT2D eigenvalue weighted by Gasteiger charge is 2.18. The number of rotatable bonds is 7. The first kappa shape index (κ1) is 22.2. The van der Waals surface area contributed by atoms with E-state index in [4.69, 9.17) is 14.2 Å². The topological polar surface area (TPSA) is 95.1 Å². The number of hydrogen-bond donors (Lipinski definition) is 1. The minimum atomic E-state index is -0.0554. The van der Waals surface area contributed by atoms with Crippen LogP contribution in [0.1, 0.15) is 24.1 Å². The Bertz CT molecular complexity index is 1340. The van der Waals surface area contributed by atoms with E-state index in [-0.39, 0.29) is 11.7 Å². The lowest BCUT2D eigenvalue weighted by Gasteiger charge is -2.13. The van der Waals surface area contributed by atoms with E-state index < -0.39 is 0 Å². The molecule has 8 heteroatoms. The molecule has 0 spiro atoms. The van der Waals surface area contributed by atoms with Crippen LogP contribution in [0, 0.1) is 6.92 Å². The average molecular weight is 458 g/mol. The Balaban J connectivity index is 1.43. The molecule has 1 N–H and O–H groups in total. The third-order valence-electron chi connectivity index (χ3n) is 6.03. The zero-order chi connectivity index (χ0) is 23.5. The Hall–Kier alpha value is -3.62. The van der Waals surface area contributed by atoms with Crippen molar-refractivity contribution < 1.29 is 9.26 Å². The molecule has 0 aliphatic carbocycles. The van der Waals surface area contributed by atoms with Crippen molar-refractivity contribution in [2.24, 2.45) is 0 Å². The van der Waals surface area contributed by atoms with E-state index >= 15 is 0 Å². The molecule has 0 bridgehead atoms. The molecule has 3 aromatic heterocycles. The number of pyridine rings is 1. The standard InChI is InChI=1S/C26H27N5O3/c1-17-26(24-12-22(30-34-24)19-7-5-18(6-8-19)13-27-2)29-23(14-28-17)20-9-10-25(32)31(15-20)16-21-4-3-11-33-21/h5-10,12,14-15,21,27H,3-4,11,13,16H2,1-2H3. The van der Waals surface area contributed by atoms with Crippen LogP contribution in [0.4, 0.5) is 0 Å². The van der Waals surface area contributed by atoms with Crippen LogP contribution in [-0.4, -0.2) is 39.5 Å². The van der Waals surface area contributed by atoms with Crippen molar-refractivity contribution in [3.63, 3.8) is 0 Å². The predicted octanol–water partition coefficient (Wildman–Crippen LogP) is 3.83. The maximum atomic E-state index is 12.4. The van der Waals surface area contributed by atoms with Crippen molar-refractivity contribution in [1.29, 1.82) is 0 Å². The van der Waals surface area contributed by atoms with Crippen LogP contribution >= 0.6 is 0 Å². The Labute approximate surface area is 197 Å². The molecule has 174 valence electrons. The van der Waals surface area contributed by atoms with Crippen LogP contribution in [0.15, 0.2) is 64.2 Å². The van der Waals surface area contributed by atoms with E-state index in [1.54, 1.807) is 22.9 Å². The molecule has 1 fully saturated rings. The molecular formula is C26H27N5O3. The van der Waals surface area contributed by atoms with Crippen LogP contribution in [0.25, 0.3) is 34.0 Å². The fourth-order valence-corrected chi connectivity index (χ4v) is 4.18. The van der Waals surface area contributed by atoms with Gasteiger partial charge >= 0.3 is 0 Å². The Morgan fingerprint density at radius 2 is 1.94 bits per heavy atom. The molecule has 34 heavy (non-hydrogen) atoms. The maximum absolute atomic E-state index is 12.4. The number of aryl methyl sites for hydroxylation is 1. The summed E-state index contributed by atoms with van der Waals surface area (Å²) >= 11 is 0. The first-order valence-electron chi connectivity index (χ1n) is 11.5. The number of nitrogens with one attached hydrogen (secondary N) is 1. The molecule has 4 aromatic rings. The van der Waals surface area contributed by atoms with E-state index in [9.17, 15) is 4.79 Å². The van der Waals surface area contributed by atoms with Crippen LogP contribution in [0.3, 0.4) is 0 Å². The fourth-order valence-electron chi connectivity index (χ4n) is 4.18. The number of aromatic nitrogens is 4. The van der Waals surface area contributed by atoms with E-state index in [0.29, 0.717) is 23.7 Å². The summed E-state index contributed by atoms with van der Waals surface area (Å²) in [5.74, 6) is 0.550. The van der Waals surface area contributed by atoms with Gasteiger partial charge in [0.1, 0.15) is 11.4 Å². The SMILES string of the molecule is CNCc1ccc(-c2cc(-c3nc(-c4ccc(=O)n(CC5CCCO5)c4)cnc3C)on2)cc1. The molecule has 1 aromatic carbocycles. The molecule has 1 unspecified atom stereocenters. The molecule has 1 saturated heterocycles. The van der Waals surface area contributed by atoms with Gasteiger partial charge < -0.3 is 19.1 Å². The lowest BCUT2D eigenvalue weighted by atomic mass is 10.1. The minimum absolute atomic E-state index is 0.0554. The molecule has 8 nitrogen and oxygen atoms in total. The number of ether oxygens (including phenoxy) is 1. The number of hydrogen-bond acceptors (Lipinski definition) is 7. The van der Waals surface area contributed by atoms with Crippen molar-refractivity contribution in [2.75, 3.05) is 13.7 Å². The van der Waals surface area contributed by atoms with Crippen molar-refractivity contribution in [1.82, 2.24) is 25.0 Å². The Morgan fingerprint density at radius 1 is 1.12 bits per heavy atom. The van der Waals surface area contributed by atoms with Gasteiger partial charge in [-0.2, -0.15) is 0 Å². The van der Waals surface area contributed by atoms with Crippen LogP contribution in [0.2, 0.25) is 0 Å². The molecule has 0 amide bonds. The summed E-state index contributed by atoms with van der Waals surface area (Å²) in [5, 5.41) is 7.39. The van der Waals surface area contributed by atoms with Gasteiger partial charge in [0.15, 0.2) is 5.76 Å². The second kappa shape index (κ2) is 9.70. The quantitative estimate of drug-likeness (QED) is 0.451. The van der Waals surface area contributed by atoms with Gasteiger partial charge in [-0.15, -0.1) is 0 Å². The van der Waals surface area contributed by atoms with Crippen molar-refractivity contribution in [2.45, 2.75) is 39.0 Å². The van der Waals surface area contributed by atoms with Gasteiger partial charge in [-0.1, -0.05) is 29.4 Å². The highest BCUT2D eigenvalue weighted by molar-refractivity contribution is 5.68. The summed E-state index contributed by atoms with van der Waals surface area (Å²) in [5.41, 5.74) is 5.69. The largest absolute Gasteiger partial charge is 0.376 e. The third-order valence-corrected chi connectivity index (χ3v) is 6.03. The normalized spacial score (nSPS) is 15.6. The summed E-state index contributed by atoms with van der Waals surface area (Å²) in [6.45, 7) is 3.99. The van der Waals surface area contributed by atoms with Crippen molar-refractivity contribution >= 4 is 0 Å². The first-order valence-corrected chi connectivity index (χ1v) is 11.5. The van der Waals surface area contributed by atoms with Gasteiger partial charge in [-0.3, -0.25) is 9.78 Å². The number of benzene rings is 1. The zero-order valence-corrected chi connectivity index (χ0v) is 19.3. The van der Waals surface area contributed by atoms with Crippen molar-refractivity contribution in [3.05, 3.63) is 76.5 Å². The summed E-state index contributed by atoms with van der Waals surface area (Å²) < 4.78 is 13.0. The summed E-state index contributed by atoms with van der Waals surface area (Å²) in [6, 6.07) is 13.4. The molecule has 5 rings (SSSR count). The van der Waals surface area contributed by atoms with Crippen LogP contribution in [-0.2, 0) is 17.8 Å². The molecule has 4 heterocycles. The van der Waals surface area contributed by atoms with Crippen LogP contribution in [0.5, 0.6) is 0 Å². The first-order chi connectivity index (χ1) is 16.6. The zero-order valence-electron chi connectivity index (χ0n) is 19.3. The van der Waals surface area contributed by atoms with E-state index in [2.05, 4.69) is 27.6 Å². The molecule has 1 aliphatic heterocycles. The molecule has 1 aliphatic rings. The summed E-state index contributed by atoms with van der Waals surface area (Å²) in [4.78, 5) is 21.7. The highest BCUT2D eigenvalue weighted by atomic mass is 16.5. The molecule has 1 atom stereocenters. The Kier molecular flexibility index (Phi) is 6.33. The number of nitrogens with zero attached hydrogens (tertiary/aromatic N) is 4. The second-order valence-corrected chi connectivity index (χ2v) is 8.54. The predicted molar refractivity (Wildman–Crippen MR) is 129 cm³/mol. The van der Waals surface area contributed by atoms with E-state index in [1.807, 2.05) is 38.4 Å². The van der Waals surface area contributed by atoms with Gasteiger partial charge in [0.05, 0.1) is 30.2 Å². The van der Waals surface area contributed by atoms with Gasteiger partial charge in [0, 0.05) is 42.6 Å². The van der Waals surface area contributed by atoms with E-state index in [1.165, 1.54) is 5.56 Å². The fraction of sp³-hybridized carbons (Fsp3) is 0.308. The van der Waals surface area contributed by atoms with E-state index in [0.717, 1.165) is 48.5 Å². The van der Waals surface area contributed by atoms with Gasteiger partial charge in [-0.05, 0) is 38.4 Å². The summed E-state index contributed by atoms with van der Waals surface area (Å²) in [6.07, 6.45) is 5.62. The van der Waals surface area contributed by atoms with Crippen molar-refractivity contribution in [3.8, 4) is 34.0 Å². The van der Waals surface area contributed by atoms with Gasteiger partial charge in [-0.25, -0.2) is 4.98 Å². The second-order valence-electron chi connectivity index (χ2n) is 8.54. The monoisotopic (exact) mass is 457 g/mol. The summed E-state index contributed by atoms with van der Waals surface area (Å²) in [7, 11) is 1.92. The molecule has 0 saturated carbocycles. The highest BCUT2D eigenvalue weighted by Crippen LogP contribution is 2.28. The minimum Gasteiger partial charge on any atom is -0.376 e. The third kappa shape index (κ3) is 4.69. The Morgan fingerprint density at radius 3 is 2.71 bits per heavy atom. The lowest BCUT2D eigenvalue weighted by Crippen LogP contribution is -2.25. The van der Waals surface area contributed by atoms with Gasteiger partial charge in [0.2, 0.25) is 0 Å². The van der Waals surface area contributed by atoms with Crippen LogP contribution < -0.4 is 10.9 Å². The molecule has 0 radical (unpaired) electrons. The molecular weight excluding hydrogens is 430 g/mol.